The first-order chi connectivity index (χ1) is 10.2. The summed E-state index contributed by atoms with van der Waals surface area (Å²) in [7, 11) is -4.30. The molecule has 5 nitrogen and oxygen atoms in total. The largest absolute Gasteiger partial charge is 1.00 e. The van der Waals surface area contributed by atoms with Crippen LogP contribution >= 0.6 is 0 Å². The predicted octanol–water partition coefficient (Wildman–Crippen LogP) is -4.23. The van der Waals surface area contributed by atoms with Gasteiger partial charge in [0, 0.05) is 0 Å². The Labute approximate surface area is 186 Å². The van der Waals surface area contributed by atoms with E-state index in [0.717, 1.165) is 5.56 Å². The molecule has 0 aliphatic heterocycles. The molecule has 0 spiro atoms. The molecule has 0 atom stereocenters. The number of aromatic carboxylic acids is 1. The maximum absolute atomic E-state index is 10.6. The Hall–Kier alpha value is -0.180. The first-order valence-electron chi connectivity index (χ1n) is 6.54. The van der Waals surface area contributed by atoms with Gasteiger partial charge < -0.3 is 14.5 Å². The van der Waals surface area contributed by atoms with Crippen LogP contribution in [0.15, 0.2) is 59.5 Å². The fourth-order valence-corrected chi connectivity index (χ4v) is 2.06. The van der Waals surface area contributed by atoms with E-state index in [-0.39, 0.29) is 69.6 Å². The van der Waals surface area contributed by atoms with Crippen molar-refractivity contribution >= 4 is 16.1 Å². The third kappa shape index (κ3) is 9.34. The first-order valence-corrected chi connectivity index (χ1v) is 7.95. The van der Waals surface area contributed by atoms with Crippen molar-refractivity contribution in [2.24, 2.45) is 0 Å². The van der Waals surface area contributed by atoms with Crippen molar-refractivity contribution < 1.29 is 82.0 Å². The molecule has 118 valence electrons. The summed E-state index contributed by atoms with van der Waals surface area (Å²) in [6, 6.07) is 14.1. The molecule has 0 aliphatic rings. The van der Waals surface area contributed by atoms with Gasteiger partial charge in [-0.3, -0.25) is 0 Å². The minimum absolute atomic E-state index is 0. The fraction of sp³-hybridized carbons (Fsp3) is 0.188. The van der Waals surface area contributed by atoms with Gasteiger partial charge in [-0.1, -0.05) is 56.3 Å². The quantitative estimate of drug-likeness (QED) is 0.405. The Bertz CT molecular complexity index is 714. The van der Waals surface area contributed by atoms with Crippen LogP contribution in [-0.2, 0) is 10.1 Å². The second-order valence-electron chi connectivity index (χ2n) is 4.83. The summed E-state index contributed by atoms with van der Waals surface area (Å²) in [5.74, 6) is -0.793. The Kier molecular flexibility index (Phi) is 13.3. The molecule has 0 fully saturated rings. The van der Waals surface area contributed by atoms with Crippen LogP contribution in [-0.4, -0.2) is 18.9 Å². The molecule has 0 N–H and O–H groups in total. The smallest absolute Gasteiger partial charge is 0.744 e. The maximum Gasteiger partial charge on any atom is 1.00 e. The van der Waals surface area contributed by atoms with Gasteiger partial charge in [0.1, 0.15) is 10.1 Å². The van der Waals surface area contributed by atoms with E-state index in [4.69, 9.17) is 0 Å². The monoisotopic (exact) mass is 366 g/mol. The van der Waals surface area contributed by atoms with Gasteiger partial charge in [-0.05, 0) is 29.2 Å². The van der Waals surface area contributed by atoms with E-state index >= 15 is 0 Å². The zero-order chi connectivity index (χ0) is 16.8. The molecule has 24 heavy (non-hydrogen) atoms. The standard InChI is InChI=1S/C9H12O3S.C7H6O2.2Na/c1-7(2)8-3-5-9(6-4-8)13(10,11)12;8-7(9)6-4-2-1-3-5-6;;/h3-7H,1-2H3,(H,10,11,12);1-5H,(H,8,9);;/q;;2*+1/p-2. The summed E-state index contributed by atoms with van der Waals surface area (Å²) in [5, 5.41) is 10.1. The van der Waals surface area contributed by atoms with Crippen molar-refractivity contribution in [3.05, 3.63) is 65.7 Å². The molecule has 0 aliphatic carbocycles. The summed E-state index contributed by atoms with van der Waals surface area (Å²) in [6.07, 6.45) is 0. The number of carboxylic acids is 1. The van der Waals surface area contributed by atoms with E-state index in [1.807, 2.05) is 13.8 Å². The second-order valence-corrected chi connectivity index (χ2v) is 6.21. The summed E-state index contributed by atoms with van der Waals surface area (Å²) in [5.41, 5.74) is 1.24. The molecular formula is C16H16Na2O5S. The summed E-state index contributed by atoms with van der Waals surface area (Å²) >= 11 is 0. The minimum atomic E-state index is -4.30. The topological polar surface area (TPSA) is 97.3 Å². The van der Waals surface area contributed by atoms with E-state index in [0.29, 0.717) is 5.92 Å². The maximum atomic E-state index is 10.6. The minimum Gasteiger partial charge on any atom is -0.744 e. The molecule has 0 unspecified atom stereocenters. The van der Waals surface area contributed by atoms with E-state index in [9.17, 15) is 22.9 Å². The van der Waals surface area contributed by atoms with Crippen LogP contribution in [0, 0.1) is 0 Å². The van der Waals surface area contributed by atoms with E-state index in [2.05, 4.69) is 0 Å². The van der Waals surface area contributed by atoms with Crippen molar-refractivity contribution in [3.63, 3.8) is 0 Å². The van der Waals surface area contributed by atoms with Gasteiger partial charge >= 0.3 is 59.1 Å². The van der Waals surface area contributed by atoms with Crippen LogP contribution < -0.4 is 64.2 Å². The molecule has 0 radical (unpaired) electrons. The Morgan fingerprint density at radius 2 is 1.38 bits per heavy atom. The number of hydrogen-bond acceptors (Lipinski definition) is 5. The first kappa shape index (κ1) is 26.1. The SMILES string of the molecule is CC(C)c1ccc(S(=O)(=O)[O-])cc1.O=C([O-])c1ccccc1.[Na+].[Na+]. The number of rotatable bonds is 3. The molecule has 0 aromatic heterocycles. The zero-order valence-electron chi connectivity index (χ0n) is 14.2. The Balaban J connectivity index is 0. The molecule has 2 aromatic rings. The number of carbonyl (C=O) groups is 1. The molecule has 0 bridgehead atoms. The van der Waals surface area contributed by atoms with Crippen molar-refractivity contribution in [2.45, 2.75) is 24.7 Å². The third-order valence-corrected chi connectivity index (χ3v) is 3.69. The molecule has 0 amide bonds. The van der Waals surface area contributed by atoms with Crippen molar-refractivity contribution in [1.29, 1.82) is 0 Å². The average Bonchev–Trinajstić information content (AvgIpc) is 2.48. The van der Waals surface area contributed by atoms with Crippen LogP contribution in [0.3, 0.4) is 0 Å². The number of carbonyl (C=O) groups excluding carboxylic acids is 1. The molecule has 8 heteroatoms. The van der Waals surface area contributed by atoms with Crippen molar-refractivity contribution in [2.75, 3.05) is 0 Å². The van der Waals surface area contributed by atoms with Gasteiger partial charge in [0.15, 0.2) is 0 Å². The molecular weight excluding hydrogens is 350 g/mol. The third-order valence-electron chi connectivity index (χ3n) is 2.84. The van der Waals surface area contributed by atoms with Gasteiger partial charge in [-0.2, -0.15) is 0 Å². The number of benzene rings is 2. The summed E-state index contributed by atoms with van der Waals surface area (Å²) in [6.45, 7) is 4.00. The van der Waals surface area contributed by atoms with Crippen LogP contribution in [0.25, 0.3) is 0 Å². The van der Waals surface area contributed by atoms with Crippen LogP contribution in [0.2, 0.25) is 0 Å². The van der Waals surface area contributed by atoms with E-state index < -0.39 is 16.1 Å². The van der Waals surface area contributed by atoms with Gasteiger partial charge in [0.05, 0.1) is 10.9 Å². The molecule has 2 rings (SSSR count). The normalized spacial score (nSPS) is 9.83. The van der Waals surface area contributed by atoms with E-state index in [1.165, 1.54) is 24.3 Å². The fourth-order valence-electron chi connectivity index (χ4n) is 1.59. The van der Waals surface area contributed by atoms with E-state index in [1.54, 1.807) is 30.3 Å². The predicted molar refractivity (Wildman–Crippen MR) is 79.3 cm³/mol. The van der Waals surface area contributed by atoms with Gasteiger partial charge in [0.2, 0.25) is 0 Å². The molecule has 0 saturated carbocycles. The van der Waals surface area contributed by atoms with Crippen LogP contribution in [0.5, 0.6) is 0 Å². The summed E-state index contributed by atoms with van der Waals surface area (Å²) < 4.78 is 31.7. The van der Waals surface area contributed by atoms with Crippen LogP contribution in [0.4, 0.5) is 0 Å². The van der Waals surface area contributed by atoms with Gasteiger partial charge in [0.25, 0.3) is 0 Å². The number of hydrogen-bond donors (Lipinski definition) is 0. The van der Waals surface area contributed by atoms with Gasteiger partial charge in [-0.15, -0.1) is 0 Å². The average molecular weight is 366 g/mol. The van der Waals surface area contributed by atoms with Crippen LogP contribution in [0.1, 0.15) is 35.7 Å². The molecule has 0 heterocycles. The molecule has 0 saturated heterocycles. The van der Waals surface area contributed by atoms with Crippen molar-refractivity contribution in [1.82, 2.24) is 0 Å². The van der Waals surface area contributed by atoms with Crippen molar-refractivity contribution in [3.8, 4) is 0 Å². The summed E-state index contributed by atoms with van der Waals surface area (Å²) in [4.78, 5) is 9.92. The zero-order valence-corrected chi connectivity index (χ0v) is 19.0. The Morgan fingerprint density at radius 3 is 1.67 bits per heavy atom. The second kappa shape index (κ2) is 12.2. The molecule has 2 aromatic carbocycles. The number of carboxylic acid groups (broad SMARTS) is 1. The van der Waals surface area contributed by atoms with Gasteiger partial charge in [-0.25, -0.2) is 8.42 Å². The Morgan fingerprint density at radius 1 is 0.917 bits per heavy atom.